The molecule has 0 saturated heterocycles. The second-order valence-electron chi connectivity index (χ2n) is 2.28. The first-order chi connectivity index (χ1) is 4.45. The van der Waals surface area contributed by atoms with Crippen molar-refractivity contribution in [3.63, 3.8) is 0 Å². The van der Waals surface area contributed by atoms with E-state index in [1.165, 1.54) is 6.26 Å². The molecule has 0 heterocycles. The predicted octanol–water partition coefficient (Wildman–Crippen LogP) is -0.903. The maximum absolute atomic E-state index is 10.6. The van der Waals surface area contributed by atoms with E-state index in [-0.39, 0.29) is 5.75 Å². The van der Waals surface area contributed by atoms with Gasteiger partial charge in [-0.2, -0.15) is 0 Å². The molecule has 0 radical (unpaired) electrons. The molecule has 4 nitrogen and oxygen atoms in total. The minimum atomic E-state index is -2.81. The Morgan fingerprint density at radius 1 is 1.50 bits per heavy atom. The number of sulfone groups is 1. The molecule has 0 amide bonds. The van der Waals surface area contributed by atoms with Crippen LogP contribution in [0, 0.1) is 0 Å². The number of hydrogen-bond donors (Lipinski definition) is 1. The molecule has 0 aliphatic carbocycles. The average molecular weight is 166 g/mol. The Morgan fingerprint density at radius 2 is 2.00 bits per heavy atom. The van der Waals surface area contributed by atoms with Gasteiger partial charge in [0.05, 0.1) is 5.75 Å². The Morgan fingerprint density at radius 3 is 2.30 bits per heavy atom. The van der Waals surface area contributed by atoms with Crippen LogP contribution in [-0.4, -0.2) is 46.1 Å². The fourth-order valence-electron chi connectivity index (χ4n) is 0.415. The highest BCUT2D eigenvalue weighted by molar-refractivity contribution is 7.90. The lowest BCUT2D eigenvalue weighted by atomic mass is 10.7. The molecule has 0 saturated carbocycles. The van der Waals surface area contributed by atoms with Crippen LogP contribution < -0.4 is 5.43 Å². The highest BCUT2D eigenvalue weighted by Gasteiger charge is 2.02. The zero-order valence-corrected chi connectivity index (χ0v) is 7.40. The van der Waals surface area contributed by atoms with Crippen molar-refractivity contribution in [2.24, 2.45) is 0 Å². The van der Waals surface area contributed by atoms with Crippen molar-refractivity contribution in [3.8, 4) is 0 Å². The van der Waals surface area contributed by atoms with Crippen molar-refractivity contribution >= 4 is 9.84 Å². The summed E-state index contributed by atoms with van der Waals surface area (Å²) in [4.78, 5) is 0. The quantitative estimate of drug-likeness (QED) is 0.550. The highest BCUT2D eigenvalue weighted by Crippen LogP contribution is 1.82. The van der Waals surface area contributed by atoms with Gasteiger partial charge in [-0.25, -0.2) is 13.4 Å². The van der Waals surface area contributed by atoms with Crippen molar-refractivity contribution in [1.82, 2.24) is 10.4 Å². The van der Waals surface area contributed by atoms with E-state index in [0.29, 0.717) is 6.54 Å². The molecule has 0 fully saturated rings. The lowest BCUT2D eigenvalue weighted by Crippen LogP contribution is -2.34. The van der Waals surface area contributed by atoms with Crippen LogP contribution in [-0.2, 0) is 9.84 Å². The molecular formula is C5H14N2O2S. The van der Waals surface area contributed by atoms with Gasteiger partial charge < -0.3 is 0 Å². The van der Waals surface area contributed by atoms with Gasteiger partial charge in [0, 0.05) is 19.8 Å². The minimum Gasteiger partial charge on any atom is -0.259 e. The molecular weight excluding hydrogens is 152 g/mol. The normalized spacial score (nSPS) is 12.4. The second kappa shape index (κ2) is 3.90. The van der Waals surface area contributed by atoms with Crippen LogP contribution in [0.4, 0.5) is 0 Å². The van der Waals surface area contributed by atoms with Gasteiger partial charge in [0.2, 0.25) is 0 Å². The molecule has 0 aromatic rings. The molecule has 0 rings (SSSR count). The Balaban J connectivity index is 3.56. The van der Waals surface area contributed by atoms with Crippen molar-refractivity contribution < 1.29 is 8.42 Å². The summed E-state index contributed by atoms with van der Waals surface area (Å²) in [6.07, 6.45) is 1.23. The summed E-state index contributed by atoms with van der Waals surface area (Å²) in [7, 11) is 0.738. The van der Waals surface area contributed by atoms with Crippen LogP contribution in [0.2, 0.25) is 0 Å². The molecule has 0 spiro atoms. The number of hydrogen-bond acceptors (Lipinski definition) is 4. The monoisotopic (exact) mass is 166 g/mol. The van der Waals surface area contributed by atoms with E-state index in [0.717, 1.165) is 0 Å². The summed E-state index contributed by atoms with van der Waals surface area (Å²) < 4.78 is 21.2. The number of nitrogens with zero attached hydrogens (tertiary/aromatic N) is 1. The van der Waals surface area contributed by atoms with E-state index in [4.69, 9.17) is 0 Å². The third kappa shape index (κ3) is 6.00. The van der Waals surface area contributed by atoms with Gasteiger partial charge in [-0.1, -0.05) is 0 Å². The number of nitrogens with one attached hydrogen (secondary N) is 1. The largest absolute Gasteiger partial charge is 0.259 e. The molecule has 0 aliphatic heterocycles. The molecule has 0 aromatic heterocycles. The summed E-state index contributed by atoms with van der Waals surface area (Å²) in [6, 6.07) is 0. The topological polar surface area (TPSA) is 49.4 Å². The SMILES string of the molecule is CNN(C)CCS(C)(=O)=O. The Bertz CT molecular complexity index is 176. The second-order valence-corrected chi connectivity index (χ2v) is 4.53. The van der Waals surface area contributed by atoms with Crippen molar-refractivity contribution in [3.05, 3.63) is 0 Å². The van der Waals surface area contributed by atoms with Gasteiger partial charge in [0.15, 0.2) is 0 Å². The van der Waals surface area contributed by atoms with Crippen molar-refractivity contribution in [1.29, 1.82) is 0 Å². The average Bonchev–Trinajstić information content (AvgIpc) is 1.81. The maximum Gasteiger partial charge on any atom is 0.148 e. The molecule has 0 aliphatic rings. The zero-order chi connectivity index (χ0) is 8.20. The van der Waals surface area contributed by atoms with E-state index in [9.17, 15) is 8.42 Å². The molecule has 0 aromatic carbocycles. The fraction of sp³-hybridized carbons (Fsp3) is 1.00. The van der Waals surface area contributed by atoms with Crippen molar-refractivity contribution in [2.75, 3.05) is 32.6 Å². The summed E-state index contributed by atoms with van der Waals surface area (Å²) in [5.74, 6) is 0.199. The van der Waals surface area contributed by atoms with Crippen LogP contribution in [0.5, 0.6) is 0 Å². The summed E-state index contributed by atoms with van der Waals surface area (Å²) >= 11 is 0. The standard InChI is InChI=1S/C5H14N2O2S/c1-6-7(2)4-5-10(3,8)9/h6H,4-5H2,1-3H3. The van der Waals surface area contributed by atoms with Gasteiger partial charge in [-0.15, -0.1) is 0 Å². The Kier molecular flexibility index (Phi) is 3.85. The molecule has 1 N–H and O–H groups in total. The van der Waals surface area contributed by atoms with Gasteiger partial charge >= 0.3 is 0 Å². The van der Waals surface area contributed by atoms with E-state index >= 15 is 0 Å². The molecule has 0 unspecified atom stereocenters. The maximum atomic E-state index is 10.6. The smallest absolute Gasteiger partial charge is 0.148 e. The number of rotatable bonds is 4. The lowest BCUT2D eigenvalue weighted by molar-refractivity contribution is 0.276. The molecule has 62 valence electrons. The third-order valence-corrected chi connectivity index (χ3v) is 2.10. The van der Waals surface area contributed by atoms with E-state index in [2.05, 4.69) is 5.43 Å². The van der Waals surface area contributed by atoms with Gasteiger partial charge in [0.25, 0.3) is 0 Å². The predicted molar refractivity (Wildman–Crippen MR) is 41.4 cm³/mol. The van der Waals surface area contributed by atoms with E-state index in [1.807, 2.05) is 0 Å². The van der Waals surface area contributed by atoms with Crippen LogP contribution >= 0.6 is 0 Å². The van der Waals surface area contributed by atoms with Crippen LogP contribution in [0.25, 0.3) is 0 Å². The summed E-state index contributed by atoms with van der Waals surface area (Å²) in [6.45, 7) is 0.523. The highest BCUT2D eigenvalue weighted by atomic mass is 32.2. The lowest BCUT2D eigenvalue weighted by Gasteiger charge is -2.12. The molecule has 10 heavy (non-hydrogen) atoms. The van der Waals surface area contributed by atoms with Gasteiger partial charge in [-0.3, -0.25) is 5.43 Å². The van der Waals surface area contributed by atoms with Crippen LogP contribution in [0.15, 0.2) is 0 Å². The Labute approximate surface area is 62.1 Å². The molecule has 0 bridgehead atoms. The van der Waals surface area contributed by atoms with Crippen molar-refractivity contribution in [2.45, 2.75) is 0 Å². The fourth-order valence-corrected chi connectivity index (χ4v) is 1.02. The zero-order valence-electron chi connectivity index (χ0n) is 6.59. The van der Waals surface area contributed by atoms with E-state index < -0.39 is 9.84 Å². The van der Waals surface area contributed by atoms with Gasteiger partial charge in [0.1, 0.15) is 9.84 Å². The first-order valence-electron chi connectivity index (χ1n) is 3.02. The molecule has 5 heteroatoms. The summed E-state index contributed by atoms with van der Waals surface area (Å²) in [5.41, 5.74) is 2.81. The van der Waals surface area contributed by atoms with Crippen LogP contribution in [0.3, 0.4) is 0 Å². The number of hydrazine groups is 1. The first kappa shape index (κ1) is 9.87. The van der Waals surface area contributed by atoms with E-state index in [1.54, 1.807) is 19.1 Å². The first-order valence-corrected chi connectivity index (χ1v) is 5.08. The third-order valence-electron chi connectivity index (χ3n) is 1.18. The molecule has 0 atom stereocenters. The Hall–Kier alpha value is -0.130. The summed E-state index contributed by atoms with van der Waals surface area (Å²) in [5, 5.41) is 1.72. The minimum absolute atomic E-state index is 0.199. The van der Waals surface area contributed by atoms with Crippen LogP contribution in [0.1, 0.15) is 0 Å². The van der Waals surface area contributed by atoms with Gasteiger partial charge in [-0.05, 0) is 7.05 Å².